The number of halogens is 2. The number of anilines is 1. The highest BCUT2D eigenvalue weighted by molar-refractivity contribution is 5.81. The predicted molar refractivity (Wildman–Crippen MR) is 94.3 cm³/mol. The van der Waals surface area contributed by atoms with Crippen LogP contribution in [-0.4, -0.2) is 30.4 Å². The van der Waals surface area contributed by atoms with Gasteiger partial charge in [-0.15, -0.1) is 0 Å². The minimum atomic E-state index is -0.686. The van der Waals surface area contributed by atoms with Crippen molar-refractivity contribution in [2.75, 3.05) is 25.0 Å². The van der Waals surface area contributed by atoms with Gasteiger partial charge in [-0.1, -0.05) is 36.4 Å². The standard InChI is InChI=1S/C20H22F2N2O/c21-17-7-4-8-18(22)20(17)23-14-19(25)24-11-9-16(10-12-24)13-15-5-2-1-3-6-15/h1-8,16,23H,9-14H2. The molecule has 3 nitrogen and oxygen atoms in total. The molecule has 1 aliphatic rings. The molecule has 0 aliphatic carbocycles. The third-order valence-electron chi connectivity index (χ3n) is 4.71. The monoisotopic (exact) mass is 344 g/mol. The van der Waals surface area contributed by atoms with Crippen molar-refractivity contribution in [2.24, 2.45) is 5.92 Å². The van der Waals surface area contributed by atoms with Crippen LogP contribution in [0.5, 0.6) is 0 Å². The molecule has 1 N–H and O–H groups in total. The second-order valence-corrected chi connectivity index (χ2v) is 6.46. The Morgan fingerprint density at radius 1 is 1.00 bits per heavy atom. The van der Waals surface area contributed by atoms with E-state index in [1.54, 1.807) is 4.90 Å². The van der Waals surface area contributed by atoms with E-state index in [-0.39, 0.29) is 18.1 Å². The van der Waals surface area contributed by atoms with Crippen LogP contribution in [0.2, 0.25) is 0 Å². The molecule has 132 valence electrons. The number of hydrogen-bond acceptors (Lipinski definition) is 2. The van der Waals surface area contributed by atoms with E-state index < -0.39 is 11.6 Å². The first-order valence-electron chi connectivity index (χ1n) is 8.63. The molecule has 0 aromatic heterocycles. The van der Waals surface area contributed by atoms with Gasteiger partial charge in [0.15, 0.2) is 0 Å². The summed E-state index contributed by atoms with van der Waals surface area (Å²) in [5, 5.41) is 2.59. The summed E-state index contributed by atoms with van der Waals surface area (Å²) in [6.45, 7) is 1.29. The Labute approximate surface area is 146 Å². The number of rotatable bonds is 5. The van der Waals surface area contributed by atoms with Gasteiger partial charge in [0.2, 0.25) is 5.91 Å². The SMILES string of the molecule is O=C(CNc1c(F)cccc1F)N1CCC(Cc2ccccc2)CC1. The van der Waals surface area contributed by atoms with Gasteiger partial charge >= 0.3 is 0 Å². The Balaban J connectivity index is 1.47. The number of nitrogens with zero attached hydrogens (tertiary/aromatic N) is 1. The van der Waals surface area contributed by atoms with Gasteiger partial charge in [0.1, 0.15) is 17.3 Å². The zero-order chi connectivity index (χ0) is 17.6. The van der Waals surface area contributed by atoms with Crippen molar-refractivity contribution in [1.82, 2.24) is 4.90 Å². The van der Waals surface area contributed by atoms with Crippen molar-refractivity contribution < 1.29 is 13.6 Å². The molecule has 2 aromatic rings. The van der Waals surface area contributed by atoms with E-state index in [0.29, 0.717) is 19.0 Å². The molecule has 0 spiro atoms. The van der Waals surface area contributed by atoms with Crippen LogP contribution < -0.4 is 5.32 Å². The molecule has 0 unspecified atom stereocenters. The Bertz CT molecular complexity index is 693. The van der Waals surface area contributed by atoms with Gasteiger partial charge in [0.25, 0.3) is 0 Å². The Hall–Kier alpha value is -2.43. The third kappa shape index (κ3) is 4.56. The number of piperidine rings is 1. The Kier molecular flexibility index (Phi) is 5.64. The number of hydrogen-bond donors (Lipinski definition) is 1. The summed E-state index contributed by atoms with van der Waals surface area (Å²) in [4.78, 5) is 14.0. The normalized spacial score (nSPS) is 15.2. The summed E-state index contributed by atoms with van der Waals surface area (Å²) in [6, 6.07) is 14.0. The topological polar surface area (TPSA) is 32.3 Å². The first-order valence-corrected chi connectivity index (χ1v) is 8.63. The lowest BCUT2D eigenvalue weighted by atomic mass is 9.90. The Morgan fingerprint density at radius 2 is 1.64 bits per heavy atom. The molecule has 1 saturated heterocycles. The number of carbonyl (C=O) groups is 1. The van der Waals surface area contributed by atoms with E-state index in [2.05, 4.69) is 17.4 Å². The van der Waals surface area contributed by atoms with Crippen molar-refractivity contribution in [3.05, 3.63) is 65.7 Å². The fourth-order valence-electron chi connectivity index (χ4n) is 3.28. The number of carbonyl (C=O) groups excluding carboxylic acids is 1. The van der Waals surface area contributed by atoms with E-state index in [0.717, 1.165) is 19.3 Å². The van der Waals surface area contributed by atoms with Crippen LogP contribution in [0.3, 0.4) is 0 Å². The summed E-state index contributed by atoms with van der Waals surface area (Å²) < 4.78 is 27.1. The van der Waals surface area contributed by atoms with Crippen LogP contribution in [0.4, 0.5) is 14.5 Å². The second-order valence-electron chi connectivity index (χ2n) is 6.46. The van der Waals surface area contributed by atoms with Crippen molar-refractivity contribution in [3.63, 3.8) is 0 Å². The smallest absolute Gasteiger partial charge is 0.241 e. The quantitative estimate of drug-likeness (QED) is 0.893. The molecule has 0 atom stereocenters. The van der Waals surface area contributed by atoms with E-state index in [1.165, 1.54) is 23.8 Å². The minimum absolute atomic E-state index is 0.0960. The van der Waals surface area contributed by atoms with E-state index in [4.69, 9.17) is 0 Å². The highest BCUT2D eigenvalue weighted by atomic mass is 19.1. The molecule has 2 aromatic carbocycles. The maximum Gasteiger partial charge on any atom is 0.241 e. The molecule has 0 bridgehead atoms. The third-order valence-corrected chi connectivity index (χ3v) is 4.71. The zero-order valence-corrected chi connectivity index (χ0v) is 14.1. The molecule has 3 rings (SSSR count). The summed E-state index contributed by atoms with van der Waals surface area (Å²) in [7, 11) is 0. The molecule has 25 heavy (non-hydrogen) atoms. The van der Waals surface area contributed by atoms with Gasteiger partial charge < -0.3 is 10.2 Å². The van der Waals surface area contributed by atoms with Crippen LogP contribution in [0.15, 0.2) is 48.5 Å². The molecule has 1 fully saturated rings. The van der Waals surface area contributed by atoms with Gasteiger partial charge in [-0.3, -0.25) is 4.79 Å². The highest BCUT2D eigenvalue weighted by Crippen LogP contribution is 2.22. The van der Waals surface area contributed by atoms with Crippen LogP contribution in [0.25, 0.3) is 0 Å². The van der Waals surface area contributed by atoms with Crippen LogP contribution in [0, 0.1) is 17.6 Å². The summed E-state index contributed by atoms with van der Waals surface area (Å²) in [5.41, 5.74) is 1.08. The summed E-state index contributed by atoms with van der Waals surface area (Å²) >= 11 is 0. The summed E-state index contributed by atoms with van der Waals surface area (Å²) in [5.74, 6) is -0.923. The predicted octanol–water partition coefficient (Wildman–Crippen LogP) is 3.86. The number of para-hydroxylation sites is 1. The number of likely N-dealkylation sites (tertiary alicyclic amines) is 1. The zero-order valence-electron chi connectivity index (χ0n) is 14.1. The fraction of sp³-hybridized carbons (Fsp3) is 0.350. The number of benzene rings is 2. The van der Waals surface area contributed by atoms with Gasteiger partial charge in [-0.05, 0) is 42.9 Å². The van der Waals surface area contributed by atoms with Crippen molar-refractivity contribution in [3.8, 4) is 0 Å². The van der Waals surface area contributed by atoms with Crippen LogP contribution in [0.1, 0.15) is 18.4 Å². The van der Waals surface area contributed by atoms with Crippen molar-refractivity contribution >= 4 is 11.6 Å². The maximum absolute atomic E-state index is 13.6. The fourth-order valence-corrected chi connectivity index (χ4v) is 3.28. The van der Waals surface area contributed by atoms with E-state index in [1.807, 2.05) is 18.2 Å². The maximum atomic E-state index is 13.6. The average molecular weight is 344 g/mol. The van der Waals surface area contributed by atoms with Gasteiger partial charge in [0, 0.05) is 13.1 Å². The van der Waals surface area contributed by atoms with Crippen LogP contribution in [-0.2, 0) is 11.2 Å². The van der Waals surface area contributed by atoms with Gasteiger partial charge in [0.05, 0.1) is 6.54 Å². The molecule has 5 heteroatoms. The molecule has 1 heterocycles. The van der Waals surface area contributed by atoms with Crippen molar-refractivity contribution in [1.29, 1.82) is 0 Å². The number of nitrogens with one attached hydrogen (secondary N) is 1. The Morgan fingerprint density at radius 3 is 2.28 bits per heavy atom. The first-order chi connectivity index (χ1) is 12.1. The molecule has 1 aliphatic heterocycles. The largest absolute Gasteiger partial charge is 0.371 e. The minimum Gasteiger partial charge on any atom is -0.371 e. The first kappa shape index (κ1) is 17.4. The molecule has 0 saturated carbocycles. The lowest BCUT2D eigenvalue weighted by Gasteiger charge is -2.32. The lowest BCUT2D eigenvalue weighted by molar-refractivity contribution is -0.130. The average Bonchev–Trinajstić information content (AvgIpc) is 2.62. The second kappa shape index (κ2) is 8.10. The molecular formula is C20H22F2N2O. The van der Waals surface area contributed by atoms with Crippen LogP contribution >= 0.6 is 0 Å². The molecule has 0 radical (unpaired) electrons. The molecule has 1 amide bonds. The highest BCUT2D eigenvalue weighted by Gasteiger charge is 2.23. The van der Waals surface area contributed by atoms with Gasteiger partial charge in [-0.25, -0.2) is 8.78 Å². The van der Waals surface area contributed by atoms with Gasteiger partial charge in [-0.2, -0.15) is 0 Å². The van der Waals surface area contributed by atoms with E-state index in [9.17, 15) is 13.6 Å². The summed E-state index contributed by atoms with van der Waals surface area (Å²) in [6.07, 6.45) is 2.94. The number of amides is 1. The lowest BCUT2D eigenvalue weighted by Crippen LogP contribution is -2.41. The van der Waals surface area contributed by atoms with E-state index >= 15 is 0 Å². The molecular weight excluding hydrogens is 322 g/mol. The van der Waals surface area contributed by atoms with Crippen molar-refractivity contribution in [2.45, 2.75) is 19.3 Å².